The van der Waals surface area contributed by atoms with Crippen molar-refractivity contribution >= 4 is 16.7 Å². The summed E-state index contributed by atoms with van der Waals surface area (Å²) >= 11 is 0. The first-order valence-electron chi connectivity index (χ1n) is 8.61. The van der Waals surface area contributed by atoms with E-state index in [9.17, 15) is 4.79 Å². The molecule has 0 bridgehead atoms. The Morgan fingerprint density at radius 3 is 2.52 bits per heavy atom. The number of carbonyl (C=O) groups is 1. The van der Waals surface area contributed by atoms with Crippen LogP contribution in [0.15, 0.2) is 42.5 Å². The Kier molecular flexibility index (Phi) is 4.67. The average Bonchev–Trinajstić information content (AvgIpc) is 3.37. The minimum atomic E-state index is 0.0796. The first kappa shape index (κ1) is 16.0. The van der Waals surface area contributed by atoms with E-state index >= 15 is 0 Å². The van der Waals surface area contributed by atoms with E-state index in [1.165, 1.54) is 16.3 Å². The van der Waals surface area contributed by atoms with Crippen LogP contribution in [0, 0.1) is 0 Å². The van der Waals surface area contributed by atoms with Crippen molar-refractivity contribution < 1.29 is 4.79 Å². The van der Waals surface area contributed by atoms with Gasteiger partial charge in [0.25, 0.3) is 0 Å². The molecular weight excluding hydrogens is 284 g/mol. The van der Waals surface area contributed by atoms with E-state index in [1.807, 2.05) is 6.92 Å². The molecule has 1 aliphatic rings. The smallest absolute Gasteiger partial charge is 0.223 e. The van der Waals surface area contributed by atoms with Crippen molar-refractivity contribution in [3.05, 3.63) is 48.0 Å². The number of amides is 1. The molecule has 0 aromatic heterocycles. The zero-order valence-electron chi connectivity index (χ0n) is 14.0. The fourth-order valence-corrected chi connectivity index (χ4v) is 3.20. The molecule has 1 saturated carbocycles. The second kappa shape index (κ2) is 6.71. The molecule has 2 aromatic carbocycles. The molecule has 2 unspecified atom stereocenters. The summed E-state index contributed by atoms with van der Waals surface area (Å²) in [6.07, 6.45) is 3.56. The van der Waals surface area contributed by atoms with Gasteiger partial charge in [0.05, 0.1) is 6.04 Å². The summed E-state index contributed by atoms with van der Waals surface area (Å²) in [6.45, 7) is 4.10. The van der Waals surface area contributed by atoms with Gasteiger partial charge in [-0.1, -0.05) is 36.4 Å². The van der Waals surface area contributed by atoms with Crippen LogP contribution >= 0.6 is 0 Å². The Morgan fingerprint density at radius 1 is 1.17 bits per heavy atom. The van der Waals surface area contributed by atoms with Crippen LogP contribution in [-0.2, 0) is 4.79 Å². The van der Waals surface area contributed by atoms with E-state index in [0.717, 1.165) is 19.3 Å². The number of benzene rings is 2. The highest BCUT2D eigenvalue weighted by molar-refractivity contribution is 5.83. The van der Waals surface area contributed by atoms with Gasteiger partial charge >= 0.3 is 0 Å². The molecule has 0 spiro atoms. The molecule has 3 nitrogen and oxygen atoms in total. The first-order chi connectivity index (χ1) is 11.1. The maximum Gasteiger partial charge on any atom is 0.223 e. The Bertz CT molecular complexity index is 691. The zero-order chi connectivity index (χ0) is 16.4. The van der Waals surface area contributed by atoms with Gasteiger partial charge in [0, 0.05) is 18.5 Å². The average molecular weight is 310 g/mol. The Hall–Kier alpha value is -1.87. The number of nitrogens with zero attached hydrogens (tertiary/aromatic N) is 1. The lowest BCUT2D eigenvalue weighted by Gasteiger charge is -2.30. The molecule has 2 atom stereocenters. The van der Waals surface area contributed by atoms with Crippen LogP contribution in [0.25, 0.3) is 10.8 Å². The third-order valence-electron chi connectivity index (χ3n) is 4.71. The summed E-state index contributed by atoms with van der Waals surface area (Å²) < 4.78 is 0. The normalized spacial score (nSPS) is 17.0. The molecule has 1 aliphatic carbocycles. The predicted octanol–water partition coefficient (Wildman–Crippen LogP) is 4.02. The highest BCUT2D eigenvalue weighted by atomic mass is 16.2. The van der Waals surface area contributed by atoms with Crippen LogP contribution < -0.4 is 5.73 Å². The van der Waals surface area contributed by atoms with E-state index in [-0.39, 0.29) is 18.0 Å². The summed E-state index contributed by atoms with van der Waals surface area (Å²) in [5, 5.41) is 2.47. The molecule has 2 N–H and O–H groups in total. The lowest BCUT2D eigenvalue weighted by Crippen LogP contribution is -2.36. The fourth-order valence-electron chi connectivity index (χ4n) is 3.20. The minimum Gasteiger partial charge on any atom is -0.333 e. The van der Waals surface area contributed by atoms with Crippen molar-refractivity contribution in [3.8, 4) is 0 Å². The van der Waals surface area contributed by atoms with Gasteiger partial charge in [-0.25, -0.2) is 0 Å². The molecule has 3 heteroatoms. The van der Waals surface area contributed by atoms with Gasteiger partial charge in [0.1, 0.15) is 0 Å². The van der Waals surface area contributed by atoms with Crippen LogP contribution in [0.5, 0.6) is 0 Å². The minimum absolute atomic E-state index is 0.0796. The van der Waals surface area contributed by atoms with E-state index in [4.69, 9.17) is 5.73 Å². The van der Waals surface area contributed by atoms with Gasteiger partial charge in [-0.15, -0.1) is 0 Å². The zero-order valence-corrected chi connectivity index (χ0v) is 14.0. The molecule has 0 heterocycles. The van der Waals surface area contributed by atoms with Crippen molar-refractivity contribution in [2.24, 2.45) is 5.73 Å². The van der Waals surface area contributed by atoms with Gasteiger partial charge in [-0.2, -0.15) is 0 Å². The lowest BCUT2D eigenvalue weighted by atomic mass is 10.0. The van der Waals surface area contributed by atoms with Gasteiger partial charge in [-0.05, 0) is 55.5 Å². The maximum atomic E-state index is 12.7. The third-order valence-corrected chi connectivity index (χ3v) is 4.71. The van der Waals surface area contributed by atoms with Gasteiger partial charge in [-0.3, -0.25) is 4.79 Å². The Morgan fingerprint density at radius 2 is 1.87 bits per heavy atom. The summed E-state index contributed by atoms with van der Waals surface area (Å²) in [4.78, 5) is 14.8. The fraction of sp³-hybridized carbons (Fsp3) is 0.450. The maximum absolute atomic E-state index is 12.7. The number of rotatable bonds is 6. The van der Waals surface area contributed by atoms with Crippen molar-refractivity contribution in [1.29, 1.82) is 0 Å². The van der Waals surface area contributed by atoms with Crippen LogP contribution in [0.2, 0.25) is 0 Å². The van der Waals surface area contributed by atoms with Crippen LogP contribution in [0.3, 0.4) is 0 Å². The Labute approximate surface area is 138 Å². The largest absolute Gasteiger partial charge is 0.333 e. The number of hydrogen-bond acceptors (Lipinski definition) is 2. The standard InChI is InChI=1S/C20H26N2O/c1-14(21)7-12-20(23)22(19-10-11-19)15(2)17-9-8-16-5-3-4-6-18(16)13-17/h3-6,8-9,13-15,19H,7,10-12,21H2,1-2H3. The number of fused-ring (bicyclic) bond motifs is 1. The van der Waals surface area contributed by atoms with E-state index < -0.39 is 0 Å². The van der Waals surface area contributed by atoms with Gasteiger partial charge in [0.15, 0.2) is 0 Å². The van der Waals surface area contributed by atoms with E-state index in [2.05, 4.69) is 54.3 Å². The predicted molar refractivity (Wildman–Crippen MR) is 95.1 cm³/mol. The van der Waals surface area contributed by atoms with E-state index in [0.29, 0.717) is 12.5 Å². The number of carbonyl (C=O) groups excluding carboxylic acids is 1. The third kappa shape index (κ3) is 3.73. The number of nitrogens with two attached hydrogens (primary N) is 1. The molecule has 2 aromatic rings. The van der Waals surface area contributed by atoms with Gasteiger partial charge in [0.2, 0.25) is 5.91 Å². The summed E-state index contributed by atoms with van der Waals surface area (Å²) in [5.74, 6) is 0.241. The molecule has 3 rings (SSSR count). The highest BCUT2D eigenvalue weighted by Gasteiger charge is 2.35. The summed E-state index contributed by atoms with van der Waals surface area (Å²) in [5.41, 5.74) is 7.02. The molecule has 122 valence electrons. The molecule has 0 saturated heterocycles. The SMILES string of the molecule is CC(N)CCC(=O)N(C1CC1)C(C)c1ccc2ccccc2c1. The Balaban J connectivity index is 1.81. The molecular formula is C20H26N2O. The molecule has 0 aliphatic heterocycles. The summed E-state index contributed by atoms with van der Waals surface area (Å²) in [7, 11) is 0. The van der Waals surface area contributed by atoms with Crippen molar-refractivity contribution in [2.45, 2.75) is 57.7 Å². The van der Waals surface area contributed by atoms with Crippen LogP contribution in [0.1, 0.15) is 51.1 Å². The second-order valence-electron chi connectivity index (χ2n) is 6.83. The number of hydrogen-bond donors (Lipinski definition) is 1. The van der Waals surface area contributed by atoms with Crippen molar-refractivity contribution in [1.82, 2.24) is 4.90 Å². The monoisotopic (exact) mass is 310 g/mol. The van der Waals surface area contributed by atoms with Crippen LogP contribution in [-0.4, -0.2) is 22.9 Å². The molecule has 1 fully saturated rings. The van der Waals surface area contributed by atoms with Crippen LogP contribution in [0.4, 0.5) is 0 Å². The van der Waals surface area contributed by atoms with Crippen molar-refractivity contribution in [2.75, 3.05) is 0 Å². The second-order valence-corrected chi connectivity index (χ2v) is 6.83. The summed E-state index contributed by atoms with van der Waals surface area (Å²) in [6, 6.07) is 15.5. The topological polar surface area (TPSA) is 46.3 Å². The highest BCUT2D eigenvalue weighted by Crippen LogP contribution is 2.35. The van der Waals surface area contributed by atoms with Gasteiger partial charge < -0.3 is 10.6 Å². The molecule has 0 radical (unpaired) electrons. The lowest BCUT2D eigenvalue weighted by molar-refractivity contribution is -0.134. The first-order valence-corrected chi connectivity index (χ1v) is 8.61. The quantitative estimate of drug-likeness (QED) is 0.876. The molecule has 1 amide bonds. The molecule has 23 heavy (non-hydrogen) atoms. The van der Waals surface area contributed by atoms with E-state index in [1.54, 1.807) is 0 Å². The van der Waals surface area contributed by atoms with Crippen molar-refractivity contribution in [3.63, 3.8) is 0 Å².